The lowest BCUT2D eigenvalue weighted by atomic mass is 9.89. The Balaban J connectivity index is 1.48. The van der Waals surface area contributed by atoms with Crippen molar-refractivity contribution in [3.05, 3.63) is 41.1 Å². The fraction of sp³-hybridized carbons (Fsp3) is 0.500. The molecule has 6 heteroatoms. The van der Waals surface area contributed by atoms with Gasteiger partial charge in [0.2, 0.25) is 5.95 Å². The number of nitrogens with zero attached hydrogens (tertiary/aromatic N) is 3. The Hall–Kier alpha value is -2.47. The molecule has 0 unspecified atom stereocenters. The molecule has 28 heavy (non-hydrogen) atoms. The Morgan fingerprint density at radius 2 is 2.11 bits per heavy atom. The third-order valence-electron chi connectivity index (χ3n) is 6.45. The highest BCUT2D eigenvalue weighted by molar-refractivity contribution is 5.95. The zero-order chi connectivity index (χ0) is 19.3. The summed E-state index contributed by atoms with van der Waals surface area (Å²) in [6.07, 6.45) is 5.46. The first-order valence-corrected chi connectivity index (χ1v) is 10.4. The van der Waals surface area contributed by atoms with Crippen molar-refractivity contribution < 1.29 is 9.90 Å². The van der Waals surface area contributed by atoms with Crippen LogP contribution in [0.15, 0.2) is 24.3 Å². The van der Waals surface area contributed by atoms with Crippen LogP contribution in [-0.2, 0) is 12.8 Å². The first-order valence-electron chi connectivity index (χ1n) is 10.4. The number of carbonyl (C=O) groups excluding carboxylic acids is 1. The van der Waals surface area contributed by atoms with Crippen LogP contribution < -0.4 is 10.2 Å². The van der Waals surface area contributed by atoms with Gasteiger partial charge >= 0.3 is 0 Å². The Kier molecular flexibility index (Phi) is 4.31. The third kappa shape index (κ3) is 2.96. The monoisotopic (exact) mass is 378 g/mol. The average molecular weight is 378 g/mol. The van der Waals surface area contributed by atoms with Gasteiger partial charge in [-0.15, -0.1) is 0 Å². The Morgan fingerprint density at radius 1 is 1.21 bits per heavy atom. The van der Waals surface area contributed by atoms with Crippen LogP contribution in [0.2, 0.25) is 0 Å². The van der Waals surface area contributed by atoms with Gasteiger partial charge < -0.3 is 15.3 Å². The number of carbonyl (C=O) groups is 1. The van der Waals surface area contributed by atoms with Crippen LogP contribution in [0.25, 0.3) is 11.3 Å². The molecule has 6 nitrogen and oxygen atoms in total. The summed E-state index contributed by atoms with van der Waals surface area (Å²) in [5.74, 6) is 0.690. The second-order valence-electron chi connectivity index (χ2n) is 8.29. The molecular weight excluding hydrogens is 352 g/mol. The molecule has 2 aliphatic carbocycles. The summed E-state index contributed by atoms with van der Waals surface area (Å²) in [7, 11) is 0. The number of benzene rings is 1. The molecule has 3 aliphatic rings. The number of aliphatic hydroxyl groups excluding tert-OH is 1. The first-order chi connectivity index (χ1) is 13.6. The smallest absolute Gasteiger partial charge is 0.251 e. The number of aliphatic hydroxyl groups is 1. The zero-order valence-corrected chi connectivity index (χ0v) is 16.2. The second kappa shape index (κ2) is 6.85. The lowest BCUT2D eigenvalue weighted by Crippen LogP contribution is -2.50. The molecule has 2 fully saturated rings. The predicted molar refractivity (Wildman–Crippen MR) is 107 cm³/mol. The molecule has 0 spiro atoms. The minimum atomic E-state index is -0.418. The number of amides is 1. The van der Waals surface area contributed by atoms with Gasteiger partial charge in [-0.3, -0.25) is 4.79 Å². The van der Waals surface area contributed by atoms with Gasteiger partial charge in [-0.1, -0.05) is 12.1 Å². The summed E-state index contributed by atoms with van der Waals surface area (Å²) in [4.78, 5) is 24.7. The number of rotatable bonds is 4. The highest BCUT2D eigenvalue weighted by atomic mass is 16.3. The Labute approximate surface area is 165 Å². The summed E-state index contributed by atoms with van der Waals surface area (Å²) in [5.41, 5.74) is 4.93. The topological polar surface area (TPSA) is 78.4 Å². The van der Waals surface area contributed by atoms with Crippen LogP contribution in [0.1, 0.15) is 54.2 Å². The summed E-state index contributed by atoms with van der Waals surface area (Å²) in [5, 5.41) is 12.7. The van der Waals surface area contributed by atoms with Crippen molar-refractivity contribution in [2.45, 2.75) is 63.6 Å². The van der Waals surface area contributed by atoms with Gasteiger partial charge in [0.1, 0.15) is 0 Å². The molecule has 3 atom stereocenters. The Morgan fingerprint density at radius 3 is 2.79 bits per heavy atom. The van der Waals surface area contributed by atoms with Gasteiger partial charge in [-0.2, -0.15) is 0 Å². The Bertz CT molecular complexity index is 929. The second-order valence-corrected chi connectivity index (χ2v) is 8.29. The molecule has 5 rings (SSSR count). The van der Waals surface area contributed by atoms with Crippen LogP contribution in [-0.4, -0.2) is 45.7 Å². The van der Waals surface area contributed by atoms with E-state index in [0.29, 0.717) is 11.6 Å². The quantitative estimate of drug-likeness (QED) is 0.855. The number of hydrogen-bond donors (Lipinski definition) is 2. The van der Waals surface area contributed by atoms with Crippen molar-refractivity contribution in [1.29, 1.82) is 0 Å². The maximum Gasteiger partial charge on any atom is 0.251 e. The number of anilines is 1. The van der Waals surface area contributed by atoms with E-state index in [-0.39, 0.29) is 11.9 Å². The van der Waals surface area contributed by atoms with E-state index >= 15 is 0 Å². The van der Waals surface area contributed by atoms with E-state index in [0.717, 1.165) is 61.5 Å². The highest BCUT2D eigenvalue weighted by Gasteiger charge is 2.31. The van der Waals surface area contributed by atoms with Crippen LogP contribution in [0.3, 0.4) is 0 Å². The summed E-state index contributed by atoms with van der Waals surface area (Å²) < 4.78 is 0. The van der Waals surface area contributed by atoms with E-state index in [9.17, 15) is 9.90 Å². The van der Waals surface area contributed by atoms with E-state index in [1.54, 1.807) is 0 Å². The largest absolute Gasteiger partial charge is 0.391 e. The molecule has 2 aromatic rings. The SMILES string of the molecule is C[C@@H]1CCN1c1nc2c(c(-c3cccc(C(=O)N[C@H]4CC[C@@H]4O)c3)n1)CCC2. The lowest BCUT2D eigenvalue weighted by molar-refractivity contribution is 0.0447. The summed E-state index contributed by atoms with van der Waals surface area (Å²) in [6.45, 7) is 3.21. The molecule has 1 aliphatic heterocycles. The fourth-order valence-electron chi connectivity index (χ4n) is 4.31. The maximum atomic E-state index is 12.6. The number of nitrogens with one attached hydrogen (secondary N) is 1. The standard InChI is InChI=1S/C22H26N4O2/c1-13-10-11-26(13)22-24-17-7-3-6-16(17)20(25-22)14-4-2-5-15(12-14)21(28)23-18-8-9-19(18)27/h2,4-5,12-13,18-19,27H,3,6-11H2,1H3,(H,23,28)/t13-,18+,19+/m1/s1. The van der Waals surface area contributed by atoms with Gasteiger partial charge in [-0.05, 0) is 57.6 Å². The van der Waals surface area contributed by atoms with E-state index in [2.05, 4.69) is 17.1 Å². The molecule has 1 saturated carbocycles. The van der Waals surface area contributed by atoms with Crippen molar-refractivity contribution in [3.63, 3.8) is 0 Å². The molecule has 1 amide bonds. The van der Waals surface area contributed by atoms with E-state index in [1.807, 2.05) is 24.3 Å². The molecule has 2 heterocycles. The molecule has 2 N–H and O–H groups in total. The predicted octanol–water partition coefficient (Wildman–Crippen LogP) is 2.48. The van der Waals surface area contributed by atoms with Crippen molar-refractivity contribution >= 4 is 11.9 Å². The van der Waals surface area contributed by atoms with Gasteiger partial charge in [0.25, 0.3) is 5.91 Å². The van der Waals surface area contributed by atoms with E-state index in [1.165, 1.54) is 12.0 Å². The minimum absolute atomic E-state index is 0.126. The number of aryl methyl sites for hydroxylation is 1. The van der Waals surface area contributed by atoms with Crippen LogP contribution in [0, 0.1) is 0 Å². The van der Waals surface area contributed by atoms with Gasteiger partial charge in [0.05, 0.1) is 17.8 Å². The highest BCUT2D eigenvalue weighted by Crippen LogP contribution is 2.34. The number of hydrogen-bond acceptors (Lipinski definition) is 5. The average Bonchev–Trinajstić information content (AvgIpc) is 3.17. The molecule has 0 radical (unpaired) electrons. The first kappa shape index (κ1) is 17.6. The molecule has 1 aromatic heterocycles. The zero-order valence-electron chi connectivity index (χ0n) is 16.2. The number of aromatic nitrogens is 2. The normalized spacial score (nSPS) is 25.6. The molecule has 0 bridgehead atoms. The third-order valence-corrected chi connectivity index (χ3v) is 6.45. The van der Waals surface area contributed by atoms with Crippen molar-refractivity contribution in [2.75, 3.05) is 11.4 Å². The summed E-state index contributed by atoms with van der Waals surface area (Å²) in [6, 6.07) is 8.04. The van der Waals surface area contributed by atoms with Crippen molar-refractivity contribution in [2.24, 2.45) is 0 Å². The maximum absolute atomic E-state index is 12.6. The van der Waals surface area contributed by atoms with E-state index in [4.69, 9.17) is 9.97 Å². The van der Waals surface area contributed by atoms with Crippen LogP contribution in [0.5, 0.6) is 0 Å². The van der Waals surface area contributed by atoms with Gasteiger partial charge in [-0.25, -0.2) is 9.97 Å². The van der Waals surface area contributed by atoms with E-state index < -0.39 is 6.10 Å². The van der Waals surface area contributed by atoms with Gasteiger partial charge in [0, 0.05) is 35.0 Å². The molecular formula is C22H26N4O2. The lowest BCUT2D eigenvalue weighted by Gasteiger charge is -2.39. The fourth-order valence-corrected chi connectivity index (χ4v) is 4.31. The molecule has 1 aromatic carbocycles. The minimum Gasteiger partial charge on any atom is -0.391 e. The number of fused-ring (bicyclic) bond motifs is 1. The van der Waals surface area contributed by atoms with Crippen LogP contribution >= 0.6 is 0 Å². The summed E-state index contributed by atoms with van der Waals surface area (Å²) >= 11 is 0. The van der Waals surface area contributed by atoms with Crippen molar-refractivity contribution in [3.8, 4) is 11.3 Å². The molecule has 1 saturated heterocycles. The van der Waals surface area contributed by atoms with Crippen LogP contribution in [0.4, 0.5) is 5.95 Å². The van der Waals surface area contributed by atoms with Crippen molar-refractivity contribution in [1.82, 2.24) is 15.3 Å². The molecule has 146 valence electrons. The van der Waals surface area contributed by atoms with Gasteiger partial charge in [0.15, 0.2) is 0 Å².